The average molecular weight is 349 g/mol. The predicted molar refractivity (Wildman–Crippen MR) is 99.3 cm³/mol. The molecule has 3 nitrogen and oxygen atoms in total. The van der Waals surface area contributed by atoms with Crippen LogP contribution in [0.3, 0.4) is 0 Å². The van der Waals surface area contributed by atoms with Crippen LogP contribution in [0.25, 0.3) is 6.08 Å². The Kier molecular flexibility index (Phi) is 7.10. The lowest BCUT2D eigenvalue weighted by atomic mass is 9.95. The number of hydrogen-bond donors (Lipinski definition) is 2. The molecule has 0 spiro atoms. The van der Waals surface area contributed by atoms with Crippen LogP contribution in [-0.2, 0) is 4.74 Å². The fraction of sp³-hybridized carbons (Fsp3) is 0.400. The van der Waals surface area contributed by atoms with Crippen molar-refractivity contribution in [2.75, 3.05) is 13.2 Å². The van der Waals surface area contributed by atoms with Crippen molar-refractivity contribution in [2.45, 2.75) is 38.7 Å². The maximum absolute atomic E-state index is 9.47. The number of aliphatic hydroxyl groups is 1. The van der Waals surface area contributed by atoms with Gasteiger partial charge in [-0.25, -0.2) is 0 Å². The van der Waals surface area contributed by atoms with E-state index in [1.54, 1.807) is 12.1 Å². The predicted octanol–water partition coefficient (Wildman–Crippen LogP) is 4.88. The van der Waals surface area contributed by atoms with Gasteiger partial charge in [0.15, 0.2) is 0 Å². The van der Waals surface area contributed by atoms with E-state index in [2.05, 4.69) is 19.6 Å². The summed E-state index contributed by atoms with van der Waals surface area (Å²) in [5.41, 5.74) is 3.98. The van der Waals surface area contributed by atoms with Gasteiger partial charge in [0.1, 0.15) is 5.75 Å². The van der Waals surface area contributed by atoms with E-state index in [9.17, 15) is 10.2 Å². The molecule has 24 heavy (non-hydrogen) atoms. The summed E-state index contributed by atoms with van der Waals surface area (Å²) >= 11 is 6.21. The first-order valence-corrected chi connectivity index (χ1v) is 8.71. The van der Waals surface area contributed by atoms with Crippen molar-refractivity contribution in [3.63, 3.8) is 0 Å². The Hall–Kier alpha value is -1.55. The minimum Gasteiger partial charge on any atom is -0.508 e. The zero-order chi connectivity index (χ0) is 17.5. The highest BCUT2D eigenvalue weighted by atomic mass is 35.5. The van der Waals surface area contributed by atoms with Crippen LogP contribution in [0, 0.1) is 0 Å². The molecule has 2 N–H and O–H groups in total. The van der Waals surface area contributed by atoms with Crippen LogP contribution >= 0.6 is 11.6 Å². The Bertz CT molecular complexity index is 646. The smallest absolute Gasteiger partial charge is 0.117 e. The molecule has 130 valence electrons. The van der Waals surface area contributed by atoms with Gasteiger partial charge < -0.3 is 14.9 Å². The van der Waals surface area contributed by atoms with Crippen molar-refractivity contribution in [1.82, 2.24) is 0 Å². The second-order valence-corrected chi connectivity index (χ2v) is 6.45. The number of benzene rings is 1. The van der Waals surface area contributed by atoms with Crippen LogP contribution < -0.4 is 0 Å². The van der Waals surface area contributed by atoms with Crippen LogP contribution in [0.1, 0.15) is 38.2 Å². The van der Waals surface area contributed by atoms with E-state index >= 15 is 0 Å². The summed E-state index contributed by atoms with van der Waals surface area (Å²) < 4.78 is 5.76. The second kappa shape index (κ2) is 9.07. The molecule has 1 unspecified atom stereocenters. The Labute approximate surface area is 148 Å². The molecule has 0 radical (unpaired) electrons. The Balaban J connectivity index is 2.07. The molecule has 4 heteroatoms. The highest BCUT2D eigenvalue weighted by Gasteiger charge is 2.21. The summed E-state index contributed by atoms with van der Waals surface area (Å²) in [6.45, 7) is 6.60. The van der Waals surface area contributed by atoms with Gasteiger partial charge in [0.05, 0.1) is 24.3 Å². The highest BCUT2D eigenvalue weighted by molar-refractivity contribution is 6.32. The molecular weight excluding hydrogens is 324 g/mol. The van der Waals surface area contributed by atoms with Gasteiger partial charge >= 0.3 is 0 Å². The quantitative estimate of drug-likeness (QED) is 0.703. The van der Waals surface area contributed by atoms with Gasteiger partial charge in [-0.1, -0.05) is 49.2 Å². The Morgan fingerprint density at radius 3 is 2.88 bits per heavy atom. The second-order valence-electron chi connectivity index (χ2n) is 6.04. The van der Waals surface area contributed by atoms with E-state index in [-0.39, 0.29) is 18.5 Å². The van der Waals surface area contributed by atoms with Crippen molar-refractivity contribution >= 4 is 17.7 Å². The lowest BCUT2D eigenvalue weighted by Gasteiger charge is -2.17. The molecule has 0 saturated heterocycles. The summed E-state index contributed by atoms with van der Waals surface area (Å²) in [7, 11) is 0. The van der Waals surface area contributed by atoms with Gasteiger partial charge in [-0.15, -0.1) is 0 Å². The molecule has 2 rings (SSSR count). The third kappa shape index (κ3) is 4.97. The maximum Gasteiger partial charge on any atom is 0.117 e. The zero-order valence-corrected chi connectivity index (χ0v) is 14.9. The van der Waals surface area contributed by atoms with Gasteiger partial charge in [0, 0.05) is 0 Å². The summed E-state index contributed by atoms with van der Waals surface area (Å²) in [5, 5.41) is 19.3. The number of ether oxygens (including phenoxy) is 1. The SMILES string of the molecule is C=C(CO)C1=CCOC1CC/C(=C/c1ccc(O)cc1Cl)CCC. The standard InChI is InChI=1S/C20H25ClO3/c1-3-4-15(11-16-6-7-17(23)12-19(16)21)5-8-20-18(9-10-24-20)14(2)13-22/h6-7,9,11-12,20,22-23H,2-5,8,10,13H2,1H3/b15-11+. The lowest BCUT2D eigenvalue weighted by Crippen LogP contribution is -2.13. The summed E-state index contributed by atoms with van der Waals surface area (Å²) in [5.74, 6) is 0.172. The van der Waals surface area contributed by atoms with Gasteiger partial charge in [-0.05, 0) is 54.2 Å². The van der Waals surface area contributed by atoms with Crippen molar-refractivity contribution in [1.29, 1.82) is 0 Å². The fourth-order valence-electron chi connectivity index (χ4n) is 2.94. The van der Waals surface area contributed by atoms with Gasteiger partial charge in [0.25, 0.3) is 0 Å². The fourth-order valence-corrected chi connectivity index (χ4v) is 3.17. The van der Waals surface area contributed by atoms with Gasteiger partial charge in [-0.2, -0.15) is 0 Å². The largest absolute Gasteiger partial charge is 0.508 e. The van der Waals surface area contributed by atoms with Crippen LogP contribution in [0.15, 0.2) is 47.6 Å². The molecule has 0 saturated carbocycles. The topological polar surface area (TPSA) is 49.7 Å². The normalized spacial score (nSPS) is 17.9. The van der Waals surface area contributed by atoms with E-state index in [0.29, 0.717) is 11.6 Å². The van der Waals surface area contributed by atoms with Gasteiger partial charge in [-0.3, -0.25) is 0 Å². The number of aliphatic hydroxyl groups excluding tert-OH is 1. The van der Waals surface area contributed by atoms with E-state index in [1.807, 2.05) is 12.1 Å². The molecule has 0 aromatic heterocycles. The Morgan fingerprint density at radius 1 is 1.42 bits per heavy atom. The number of rotatable bonds is 8. The zero-order valence-electron chi connectivity index (χ0n) is 14.1. The monoisotopic (exact) mass is 348 g/mol. The number of phenolic OH excluding ortho intramolecular Hbond substituents is 1. The van der Waals surface area contributed by atoms with Crippen molar-refractivity contribution in [3.8, 4) is 5.75 Å². The average Bonchev–Trinajstić information content (AvgIpc) is 3.03. The van der Waals surface area contributed by atoms with Crippen LogP contribution in [-0.4, -0.2) is 29.5 Å². The third-order valence-corrected chi connectivity index (χ3v) is 4.52. The van der Waals surface area contributed by atoms with E-state index < -0.39 is 0 Å². The van der Waals surface area contributed by atoms with E-state index in [0.717, 1.165) is 42.4 Å². The highest BCUT2D eigenvalue weighted by Crippen LogP contribution is 2.29. The molecule has 0 amide bonds. The summed E-state index contributed by atoms with van der Waals surface area (Å²) in [4.78, 5) is 0. The maximum atomic E-state index is 9.47. The van der Waals surface area contributed by atoms with E-state index in [1.165, 1.54) is 5.57 Å². The number of aromatic hydroxyl groups is 1. The molecular formula is C20H25ClO3. The van der Waals surface area contributed by atoms with Crippen LogP contribution in [0.2, 0.25) is 5.02 Å². The minimum absolute atomic E-state index is 0.000181. The molecule has 0 bridgehead atoms. The van der Waals surface area contributed by atoms with Gasteiger partial charge in [0.2, 0.25) is 0 Å². The molecule has 1 heterocycles. The molecule has 0 aliphatic carbocycles. The molecule has 1 atom stereocenters. The first-order valence-electron chi connectivity index (χ1n) is 8.33. The van der Waals surface area contributed by atoms with Crippen molar-refractivity contribution in [3.05, 3.63) is 58.2 Å². The third-order valence-electron chi connectivity index (χ3n) is 4.19. The summed E-state index contributed by atoms with van der Waals surface area (Å²) in [6, 6.07) is 5.04. The minimum atomic E-state index is -0.0353. The van der Waals surface area contributed by atoms with E-state index in [4.69, 9.17) is 16.3 Å². The number of allylic oxidation sites excluding steroid dienone is 1. The molecule has 1 aromatic carbocycles. The first-order chi connectivity index (χ1) is 11.5. The molecule has 0 fully saturated rings. The Morgan fingerprint density at radius 2 is 2.21 bits per heavy atom. The molecule has 1 aromatic rings. The summed E-state index contributed by atoms with van der Waals surface area (Å²) in [6.07, 6.45) is 7.90. The van der Waals surface area contributed by atoms with Crippen molar-refractivity contribution < 1.29 is 14.9 Å². The van der Waals surface area contributed by atoms with Crippen LogP contribution in [0.4, 0.5) is 0 Å². The van der Waals surface area contributed by atoms with Crippen LogP contribution in [0.5, 0.6) is 5.75 Å². The van der Waals surface area contributed by atoms with Crippen molar-refractivity contribution in [2.24, 2.45) is 0 Å². The first kappa shape index (κ1) is 18.8. The lowest BCUT2D eigenvalue weighted by molar-refractivity contribution is 0.115. The molecule has 1 aliphatic rings. The number of hydrogen-bond acceptors (Lipinski definition) is 3. The number of phenols is 1. The molecule has 1 aliphatic heterocycles. The number of halogens is 1.